The zero-order chi connectivity index (χ0) is 18.9. The summed E-state index contributed by atoms with van der Waals surface area (Å²) in [5.74, 6) is 0.302. The smallest absolute Gasteiger partial charge is 0.408 e. The number of halogens is 1. The van der Waals surface area contributed by atoms with Crippen molar-refractivity contribution in [3.8, 4) is 0 Å². The molecule has 0 bridgehead atoms. The van der Waals surface area contributed by atoms with Crippen LogP contribution in [0.3, 0.4) is 0 Å². The summed E-state index contributed by atoms with van der Waals surface area (Å²) in [6.45, 7) is 8.22. The van der Waals surface area contributed by atoms with Gasteiger partial charge in [-0.15, -0.1) is 24.0 Å². The second-order valence-electron chi connectivity index (χ2n) is 6.84. The number of hydrogen-bond acceptors (Lipinski definition) is 4. The van der Waals surface area contributed by atoms with Crippen molar-refractivity contribution in [3.05, 3.63) is 35.9 Å². The van der Waals surface area contributed by atoms with Crippen molar-refractivity contribution in [2.45, 2.75) is 45.4 Å². The average molecular weight is 478 g/mol. The quantitative estimate of drug-likeness (QED) is 0.318. The summed E-state index contributed by atoms with van der Waals surface area (Å²) in [6, 6.07) is 9.29. The molecule has 1 rings (SSSR count). The highest BCUT2D eigenvalue weighted by Gasteiger charge is 2.20. The lowest BCUT2D eigenvalue weighted by molar-refractivity contribution is 0.0505. The molecule has 1 aromatic carbocycles. The topological polar surface area (TPSA) is 98.0 Å². The molecule has 0 saturated heterocycles. The molecule has 1 aromatic rings. The maximum Gasteiger partial charge on any atom is 0.408 e. The Balaban J connectivity index is 0.00000625. The minimum atomic E-state index is -0.565. The van der Waals surface area contributed by atoms with E-state index in [1.165, 1.54) is 0 Å². The molecule has 0 spiro atoms. The van der Waals surface area contributed by atoms with Crippen LogP contribution in [0.2, 0.25) is 0 Å². The van der Waals surface area contributed by atoms with Gasteiger partial charge in [0.2, 0.25) is 0 Å². The Hall–Kier alpha value is -1.55. The number of guanidine groups is 1. The first kappa shape index (κ1) is 24.5. The van der Waals surface area contributed by atoms with Gasteiger partial charge in [0.15, 0.2) is 5.96 Å². The number of nitrogens with zero attached hydrogens (tertiary/aromatic N) is 1. The number of benzene rings is 1. The van der Waals surface area contributed by atoms with E-state index in [4.69, 9.17) is 15.2 Å². The molecule has 0 aliphatic rings. The van der Waals surface area contributed by atoms with E-state index in [9.17, 15) is 4.79 Å². The van der Waals surface area contributed by atoms with Gasteiger partial charge in [-0.3, -0.25) is 4.99 Å². The van der Waals surface area contributed by atoms with Gasteiger partial charge >= 0.3 is 6.09 Å². The lowest BCUT2D eigenvalue weighted by Crippen LogP contribution is -2.41. The van der Waals surface area contributed by atoms with Crippen LogP contribution in [0, 0.1) is 0 Å². The van der Waals surface area contributed by atoms with Crippen molar-refractivity contribution >= 4 is 36.0 Å². The molecule has 0 aliphatic carbocycles. The first-order valence-corrected chi connectivity index (χ1v) is 8.31. The molecule has 2 atom stereocenters. The van der Waals surface area contributed by atoms with E-state index in [1.54, 1.807) is 7.11 Å². The fraction of sp³-hybridized carbons (Fsp3) is 0.556. The van der Waals surface area contributed by atoms with Gasteiger partial charge in [0.25, 0.3) is 0 Å². The predicted molar refractivity (Wildman–Crippen MR) is 115 cm³/mol. The van der Waals surface area contributed by atoms with E-state index in [0.717, 1.165) is 5.56 Å². The van der Waals surface area contributed by atoms with Gasteiger partial charge in [0.1, 0.15) is 5.60 Å². The molecule has 0 fully saturated rings. The maximum atomic E-state index is 12.1. The van der Waals surface area contributed by atoms with Gasteiger partial charge in [-0.25, -0.2) is 4.79 Å². The Kier molecular flexibility index (Phi) is 11.2. The second kappa shape index (κ2) is 11.9. The standard InChI is InChI=1S/C18H30N4O3.HI/c1-13(12-24-5)21-16(19)20-11-15(14-9-7-6-8-10-14)22-17(23)25-18(2,3)4;/h6-10,13,15H,11-12H2,1-5H3,(H,22,23)(H3,19,20,21);1H. The van der Waals surface area contributed by atoms with E-state index in [1.807, 2.05) is 58.0 Å². The summed E-state index contributed by atoms with van der Waals surface area (Å²) in [5.41, 5.74) is 6.26. The molecular weight excluding hydrogens is 447 g/mol. The Bertz CT molecular complexity index is 561. The summed E-state index contributed by atoms with van der Waals surface area (Å²) >= 11 is 0. The number of methoxy groups -OCH3 is 1. The van der Waals surface area contributed by atoms with E-state index in [-0.39, 0.29) is 36.1 Å². The molecule has 0 heterocycles. The molecule has 0 saturated carbocycles. The highest BCUT2D eigenvalue weighted by atomic mass is 127. The molecular formula is C18H31IN4O3. The van der Waals surface area contributed by atoms with E-state index in [2.05, 4.69) is 15.6 Å². The molecule has 0 aromatic heterocycles. The fourth-order valence-corrected chi connectivity index (χ4v) is 2.15. The minimum Gasteiger partial charge on any atom is -0.444 e. The maximum absolute atomic E-state index is 12.1. The number of rotatable bonds is 7. The molecule has 0 radical (unpaired) electrons. The van der Waals surface area contributed by atoms with Gasteiger partial charge in [0.05, 0.1) is 19.2 Å². The van der Waals surface area contributed by atoms with Crippen molar-refractivity contribution in [1.82, 2.24) is 10.6 Å². The third-order valence-electron chi connectivity index (χ3n) is 3.15. The third kappa shape index (κ3) is 10.4. The summed E-state index contributed by atoms with van der Waals surface area (Å²) in [6.07, 6.45) is -0.490. The van der Waals surface area contributed by atoms with Gasteiger partial charge < -0.3 is 25.8 Å². The third-order valence-corrected chi connectivity index (χ3v) is 3.15. The molecule has 0 aliphatic heterocycles. The number of alkyl carbamates (subject to hydrolysis) is 1. The number of carbonyl (C=O) groups is 1. The number of aliphatic imine (C=N–C) groups is 1. The molecule has 26 heavy (non-hydrogen) atoms. The average Bonchev–Trinajstić information content (AvgIpc) is 2.50. The van der Waals surface area contributed by atoms with Crippen LogP contribution >= 0.6 is 24.0 Å². The van der Waals surface area contributed by atoms with E-state index < -0.39 is 11.7 Å². The van der Waals surface area contributed by atoms with Crippen LogP contribution in [-0.4, -0.2) is 44.0 Å². The number of ether oxygens (including phenoxy) is 2. The van der Waals surface area contributed by atoms with Crippen LogP contribution < -0.4 is 16.4 Å². The summed E-state index contributed by atoms with van der Waals surface area (Å²) in [4.78, 5) is 16.4. The molecule has 4 N–H and O–H groups in total. The fourth-order valence-electron chi connectivity index (χ4n) is 2.15. The van der Waals surface area contributed by atoms with Crippen LogP contribution in [0.15, 0.2) is 35.3 Å². The highest BCUT2D eigenvalue weighted by molar-refractivity contribution is 14.0. The molecule has 2 unspecified atom stereocenters. The Labute approximate surface area is 173 Å². The van der Waals surface area contributed by atoms with Crippen LogP contribution in [0.25, 0.3) is 0 Å². The monoisotopic (exact) mass is 478 g/mol. The highest BCUT2D eigenvalue weighted by Crippen LogP contribution is 2.15. The number of hydrogen-bond donors (Lipinski definition) is 3. The van der Waals surface area contributed by atoms with Crippen molar-refractivity contribution < 1.29 is 14.3 Å². The SMILES string of the molecule is COCC(C)NC(N)=NCC(NC(=O)OC(C)(C)C)c1ccccc1.I. The summed E-state index contributed by atoms with van der Waals surface area (Å²) < 4.78 is 10.4. The largest absolute Gasteiger partial charge is 0.444 e. The first-order chi connectivity index (χ1) is 11.7. The van der Waals surface area contributed by atoms with Gasteiger partial charge in [-0.05, 0) is 33.3 Å². The second-order valence-corrected chi connectivity index (χ2v) is 6.84. The zero-order valence-corrected chi connectivity index (χ0v) is 18.4. The van der Waals surface area contributed by atoms with E-state index >= 15 is 0 Å². The number of nitrogens with two attached hydrogens (primary N) is 1. The molecule has 8 heteroatoms. The Morgan fingerprint density at radius 3 is 2.38 bits per heavy atom. The van der Waals surface area contributed by atoms with Gasteiger partial charge in [0, 0.05) is 13.2 Å². The summed E-state index contributed by atoms with van der Waals surface area (Å²) in [5, 5.41) is 5.89. The first-order valence-electron chi connectivity index (χ1n) is 8.31. The van der Waals surface area contributed by atoms with Gasteiger partial charge in [-0.1, -0.05) is 30.3 Å². The minimum absolute atomic E-state index is 0. The predicted octanol–water partition coefficient (Wildman–Crippen LogP) is 2.81. The van der Waals surface area contributed by atoms with Gasteiger partial charge in [-0.2, -0.15) is 0 Å². The number of carbonyl (C=O) groups excluding carboxylic acids is 1. The number of nitrogens with one attached hydrogen (secondary N) is 2. The van der Waals surface area contributed by atoms with Crippen molar-refractivity contribution in [1.29, 1.82) is 0 Å². The van der Waals surface area contributed by atoms with Crippen LogP contribution in [0.4, 0.5) is 4.79 Å². The lowest BCUT2D eigenvalue weighted by Gasteiger charge is -2.23. The van der Waals surface area contributed by atoms with Crippen LogP contribution in [0.5, 0.6) is 0 Å². The zero-order valence-electron chi connectivity index (χ0n) is 16.1. The van der Waals surface area contributed by atoms with Crippen LogP contribution in [0.1, 0.15) is 39.3 Å². The molecule has 7 nitrogen and oxygen atoms in total. The molecule has 1 amide bonds. The van der Waals surface area contributed by atoms with Crippen molar-refractivity contribution in [2.75, 3.05) is 20.3 Å². The van der Waals surface area contributed by atoms with Crippen molar-refractivity contribution in [2.24, 2.45) is 10.7 Å². The van der Waals surface area contributed by atoms with Crippen molar-refractivity contribution in [3.63, 3.8) is 0 Å². The number of amides is 1. The molecule has 148 valence electrons. The Morgan fingerprint density at radius 2 is 1.85 bits per heavy atom. The lowest BCUT2D eigenvalue weighted by atomic mass is 10.1. The Morgan fingerprint density at radius 1 is 1.23 bits per heavy atom. The van der Waals surface area contributed by atoms with Crippen LogP contribution in [-0.2, 0) is 9.47 Å². The summed E-state index contributed by atoms with van der Waals surface area (Å²) in [7, 11) is 1.63. The normalized spacial score (nSPS) is 14.0. The van der Waals surface area contributed by atoms with E-state index in [0.29, 0.717) is 19.1 Å².